The van der Waals surface area contributed by atoms with Crippen molar-refractivity contribution in [3.63, 3.8) is 0 Å². The van der Waals surface area contributed by atoms with Crippen molar-refractivity contribution in [3.05, 3.63) is 48.0 Å². The predicted molar refractivity (Wildman–Crippen MR) is 56.7 cm³/mol. The Hall–Kier alpha value is -1.06. The third-order valence-corrected chi connectivity index (χ3v) is 2.02. The monoisotopic (exact) mass is 196 g/mol. The summed E-state index contributed by atoms with van der Waals surface area (Å²) in [6.45, 7) is 0. The number of hydrogen-bond donors (Lipinski definition) is 1. The fraction of sp³-hybridized carbons (Fsp3) is 0. The molecule has 0 aliphatic rings. The average molecular weight is 196 g/mol. The van der Waals surface area contributed by atoms with Crippen LogP contribution in [-0.2, 0) is 0 Å². The fourth-order valence-corrected chi connectivity index (χ4v) is 1.41. The number of benzene rings is 2. The smallest absolute Gasteiger partial charge is 0.336 e. The molecule has 2 nitrogen and oxygen atoms in total. The first-order valence-corrected chi connectivity index (χ1v) is 4.00. The second-order valence-electron chi connectivity index (χ2n) is 2.83. The number of rotatable bonds is 1. The van der Waals surface area contributed by atoms with Gasteiger partial charge in [0.05, 0.1) is 5.56 Å². The van der Waals surface area contributed by atoms with Gasteiger partial charge in [-0.25, -0.2) is 4.79 Å². The first-order chi connectivity index (χ1) is 6.29. The molecule has 0 fully saturated rings. The first-order valence-electron chi connectivity index (χ1n) is 4.00. The number of carboxylic acids is 1. The third-order valence-electron chi connectivity index (χ3n) is 2.02. The Balaban J connectivity index is 0.000000980. The van der Waals surface area contributed by atoms with Gasteiger partial charge in [0, 0.05) is 23.1 Å². The summed E-state index contributed by atoms with van der Waals surface area (Å²) in [5.74, 6) is -0.878. The van der Waals surface area contributed by atoms with Crippen LogP contribution < -0.4 is 0 Å². The van der Waals surface area contributed by atoms with Crippen molar-refractivity contribution < 1.29 is 9.90 Å². The second-order valence-corrected chi connectivity index (χ2v) is 2.83. The van der Waals surface area contributed by atoms with E-state index in [9.17, 15) is 4.79 Å². The zero-order chi connectivity index (χ0) is 9.26. The molecule has 1 N–H and O–H groups in total. The largest absolute Gasteiger partial charge is 0.478 e. The summed E-state index contributed by atoms with van der Waals surface area (Å²) in [6, 6.07) is 12.7. The van der Waals surface area contributed by atoms with Crippen molar-refractivity contribution in [2.75, 3.05) is 0 Å². The molecule has 0 saturated carbocycles. The van der Waals surface area contributed by atoms with Gasteiger partial charge < -0.3 is 5.11 Å². The van der Waals surface area contributed by atoms with Crippen LogP contribution in [0, 0.1) is 0 Å². The van der Waals surface area contributed by atoms with Crippen LogP contribution in [0.25, 0.3) is 10.8 Å². The van der Waals surface area contributed by atoms with Gasteiger partial charge in [-0.05, 0) is 16.8 Å². The minimum absolute atomic E-state index is 0. The van der Waals surface area contributed by atoms with Gasteiger partial charge in [-0.1, -0.05) is 36.4 Å². The number of carboxylic acid groups (broad SMARTS) is 1. The maximum Gasteiger partial charge on any atom is 0.336 e. The minimum Gasteiger partial charge on any atom is -0.478 e. The average Bonchev–Trinajstić information content (AvgIpc) is 2.17. The second kappa shape index (κ2) is 4.44. The van der Waals surface area contributed by atoms with Crippen LogP contribution in [0.4, 0.5) is 0 Å². The topological polar surface area (TPSA) is 37.3 Å². The molecular weight excluding hydrogens is 188 g/mol. The molecule has 2 aromatic carbocycles. The fourth-order valence-electron chi connectivity index (χ4n) is 1.41. The molecule has 0 amide bonds. The van der Waals surface area contributed by atoms with Crippen LogP contribution in [0.5, 0.6) is 0 Å². The highest BCUT2D eigenvalue weighted by Gasteiger charge is 2.05. The molecule has 0 saturated heterocycles. The SMILES string of the molecule is O=C(O)c1cccc2ccccc12.[Mg]. The lowest BCUT2D eigenvalue weighted by Gasteiger charge is -2.00. The number of hydrogen-bond acceptors (Lipinski definition) is 1. The van der Waals surface area contributed by atoms with Gasteiger partial charge in [0.2, 0.25) is 0 Å². The molecule has 0 bridgehead atoms. The Labute approximate surface area is 97.7 Å². The minimum atomic E-state index is -0.878. The predicted octanol–water partition coefficient (Wildman–Crippen LogP) is 2.16. The molecule has 0 spiro atoms. The van der Waals surface area contributed by atoms with Crippen molar-refractivity contribution in [2.24, 2.45) is 0 Å². The van der Waals surface area contributed by atoms with Crippen LogP contribution in [0.3, 0.4) is 0 Å². The summed E-state index contributed by atoms with van der Waals surface area (Å²) in [4.78, 5) is 10.8. The first kappa shape index (κ1) is 11.0. The molecule has 0 atom stereocenters. The molecular formula is C11H8MgO2. The Morgan fingerprint density at radius 3 is 2.36 bits per heavy atom. The van der Waals surface area contributed by atoms with Crippen LogP contribution in [-0.4, -0.2) is 34.1 Å². The van der Waals surface area contributed by atoms with Crippen molar-refractivity contribution in [2.45, 2.75) is 0 Å². The van der Waals surface area contributed by atoms with Crippen LogP contribution >= 0.6 is 0 Å². The van der Waals surface area contributed by atoms with Gasteiger partial charge in [0.1, 0.15) is 0 Å². The lowest BCUT2D eigenvalue weighted by Crippen LogP contribution is -1.96. The highest BCUT2D eigenvalue weighted by Crippen LogP contribution is 2.17. The Kier molecular flexibility index (Phi) is 3.49. The molecule has 66 valence electrons. The maximum absolute atomic E-state index is 10.8. The van der Waals surface area contributed by atoms with E-state index < -0.39 is 5.97 Å². The molecule has 0 unspecified atom stereocenters. The highest BCUT2D eigenvalue weighted by atomic mass is 24.3. The lowest BCUT2D eigenvalue weighted by molar-refractivity contribution is 0.0699. The standard InChI is InChI=1S/C11H8O2.Mg/c12-11(13)10-7-3-5-8-4-1-2-6-9(8)10;/h1-7H,(H,12,13);. The summed E-state index contributed by atoms with van der Waals surface area (Å²) < 4.78 is 0. The van der Waals surface area contributed by atoms with E-state index in [2.05, 4.69) is 0 Å². The van der Waals surface area contributed by atoms with Gasteiger partial charge in [-0.15, -0.1) is 0 Å². The van der Waals surface area contributed by atoms with E-state index in [1.54, 1.807) is 12.1 Å². The van der Waals surface area contributed by atoms with Gasteiger partial charge >= 0.3 is 5.97 Å². The molecule has 0 aliphatic carbocycles. The summed E-state index contributed by atoms with van der Waals surface area (Å²) >= 11 is 0. The summed E-state index contributed by atoms with van der Waals surface area (Å²) in [5.41, 5.74) is 0.359. The van der Waals surface area contributed by atoms with E-state index in [1.807, 2.05) is 30.3 Å². The molecule has 0 heterocycles. The normalized spacial score (nSPS) is 9.43. The summed E-state index contributed by atoms with van der Waals surface area (Å²) in [5, 5.41) is 10.6. The van der Waals surface area contributed by atoms with Crippen molar-refractivity contribution >= 4 is 39.8 Å². The van der Waals surface area contributed by atoms with Crippen molar-refractivity contribution in [1.82, 2.24) is 0 Å². The van der Waals surface area contributed by atoms with Gasteiger partial charge in [-0.3, -0.25) is 0 Å². The van der Waals surface area contributed by atoms with Crippen molar-refractivity contribution in [3.8, 4) is 0 Å². The van der Waals surface area contributed by atoms with E-state index in [0.717, 1.165) is 10.8 Å². The lowest BCUT2D eigenvalue weighted by atomic mass is 10.1. The zero-order valence-corrected chi connectivity index (χ0v) is 9.02. The zero-order valence-electron chi connectivity index (χ0n) is 7.60. The maximum atomic E-state index is 10.8. The van der Waals surface area contributed by atoms with Gasteiger partial charge in [-0.2, -0.15) is 0 Å². The molecule has 14 heavy (non-hydrogen) atoms. The number of aromatic carboxylic acids is 1. The molecule has 2 aromatic rings. The van der Waals surface area contributed by atoms with Crippen LogP contribution in [0.15, 0.2) is 42.5 Å². The quantitative estimate of drug-likeness (QED) is 0.710. The Morgan fingerprint density at radius 2 is 1.64 bits per heavy atom. The summed E-state index contributed by atoms with van der Waals surface area (Å²) in [7, 11) is 0. The van der Waals surface area contributed by atoms with Gasteiger partial charge in [0.15, 0.2) is 0 Å². The number of carbonyl (C=O) groups is 1. The van der Waals surface area contributed by atoms with E-state index in [0.29, 0.717) is 5.56 Å². The van der Waals surface area contributed by atoms with Gasteiger partial charge in [0.25, 0.3) is 0 Å². The Bertz CT molecular complexity index is 460. The molecule has 3 heteroatoms. The summed E-state index contributed by atoms with van der Waals surface area (Å²) in [6.07, 6.45) is 0. The Morgan fingerprint density at radius 1 is 1.00 bits per heavy atom. The van der Waals surface area contributed by atoms with E-state index in [-0.39, 0.29) is 23.1 Å². The third kappa shape index (κ3) is 1.88. The van der Waals surface area contributed by atoms with E-state index in [1.165, 1.54) is 0 Å². The van der Waals surface area contributed by atoms with Crippen LogP contribution in [0.1, 0.15) is 10.4 Å². The van der Waals surface area contributed by atoms with E-state index in [4.69, 9.17) is 5.11 Å². The number of fused-ring (bicyclic) bond motifs is 1. The highest BCUT2D eigenvalue weighted by molar-refractivity contribution is 6.03. The van der Waals surface area contributed by atoms with Crippen molar-refractivity contribution in [1.29, 1.82) is 0 Å². The molecule has 0 aliphatic heterocycles. The molecule has 0 aromatic heterocycles. The van der Waals surface area contributed by atoms with Crippen LogP contribution in [0.2, 0.25) is 0 Å². The molecule has 2 rings (SSSR count). The molecule has 2 radical (unpaired) electrons. The van der Waals surface area contributed by atoms with E-state index >= 15 is 0 Å².